The van der Waals surface area contributed by atoms with Crippen LogP contribution in [0.25, 0.3) is 0 Å². The van der Waals surface area contributed by atoms with E-state index in [9.17, 15) is 0 Å². The quantitative estimate of drug-likeness (QED) is 0.461. The molecule has 2 nitrogen and oxygen atoms in total. The van der Waals surface area contributed by atoms with Crippen molar-refractivity contribution in [3.8, 4) is 0 Å². The van der Waals surface area contributed by atoms with Gasteiger partial charge in [-0.3, -0.25) is 5.43 Å². The first kappa shape index (κ1) is 4.27. The first-order valence-electron chi connectivity index (χ1n) is 0.770. The van der Waals surface area contributed by atoms with E-state index in [0.717, 1.165) is 0 Å². The SMILES string of the molecule is C1=NN1.[Sn]. The summed E-state index contributed by atoms with van der Waals surface area (Å²) in [6.45, 7) is 0. The van der Waals surface area contributed by atoms with Crippen LogP contribution in [0.4, 0.5) is 0 Å². The number of nitrogens with zero attached hydrogens (tertiary/aromatic N) is 1. The minimum Gasteiger partial charge on any atom is -0.265 e. The third kappa shape index (κ3) is 2.27. The van der Waals surface area contributed by atoms with Crippen LogP contribution >= 0.6 is 0 Å². The first-order chi connectivity index (χ1) is 1.50. The summed E-state index contributed by atoms with van der Waals surface area (Å²) in [6, 6.07) is 0. The van der Waals surface area contributed by atoms with Crippen molar-refractivity contribution in [2.24, 2.45) is 5.10 Å². The summed E-state index contributed by atoms with van der Waals surface area (Å²) in [5.41, 5.74) is 2.50. The molecule has 0 bridgehead atoms. The molecule has 0 atom stereocenters. The van der Waals surface area contributed by atoms with Crippen LogP contribution in [-0.4, -0.2) is 30.2 Å². The fourth-order valence-corrected chi connectivity index (χ4v) is 0. The summed E-state index contributed by atoms with van der Waals surface area (Å²) in [4.78, 5) is 0. The second-order valence-corrected chi connectivity index (χ2v) is 0.387. The van der Waals surface area contributed by atoms with E-state index in [4.69, 9.17) is 0 Å². The van der Waals surface area contributed by atoms with Crippen molar-refractivity contribution in [3.63, 3.8) is 0 Å². The molecule has 0 unspecified atom stereocenters. The summed E-state index contributed by atoms with van der Waals surface area (Å²) in [7, 11) is 0. The molecular weight excluding hydrogens is 159 g/mol. The average molecular weight is 161 g/mol. The van der Waals surface area contributed by atoms with E-state index in [1.165, 1.54) is 0 Å². The molecule has 0 aromatic rings. The van der Waals surface area contributed by atoms with E-state index in [2.05, 4.69) is 10.5 Å². The fourth-order valence-electron chi connectivity index (χ4n) is 0. The summed E-state index contributed by atoms with van der Waals surface area (Å²) in [5.74, 6) is 0. The fraction of sp³-hybridized carbons (Fsp3) is 0. The first-order valence-corrected chi connectivity index (χ1v) is 0.770. The standard InChI is InChI=1S/CH2N2.Sn/c1-2-3-1;/h1H,(H,2,3);. The Kier molecular flexibility index (Phi) is 1.68. The molecule has 1 N–H and O–H groups in total. The van der Waals surface area contributed by atoms with Gasteiger partial charge in [0, 0.05) is 23.9 Å². The van der Waals surface area contributed by atoms with E-state index in [1.807, 2.05) is 0 Å². The van der Waals surface area contributed by atoms with E-state index in [-0.39, 0.29) is 23.9 Å². The second-order valence-electron chi connectivity index (χ2n) is 0.387. The van der Waals surface area contributed by atoms with Crippen LogP contribution in [0.3, 0.4) is 0 Å². The Balaban J connectivity index is 0.0000000900. The molecule has 1 heterocycles. The Morgan fingerprint density at radius 2 is 2.00 bits per heavy atom. The molecule has 0 amide bonds. The number of hydrogen-bond acceptors (Lipinski definition) is 2. The topological polar surface area (TPSA) is 34.3 Å². The van der Waals surface area contributed by atoms with Crippen molar-refractivity contribution in [1.82, 2.24) is 5.43 Å². The van der Waals surface area contributed by atoms with E-state index in [0.29, 0.717) is 0 Å². The largest absolute Gasteiger partial charge is 0.265 e. The van der Waals surface area contributed by atoms with Gasteiger partial charge < -0.3 is 0 Å². The van der Waals surface area contributed by atoms with Gasteiger partial charge in [-0.1, -0.05) is 0 Å². The van der Waals surface area contributed by atoms with Gasteiger partial charge in [0.2, 0.25) is 0 Å². The maximum Gasteiger partial charge on any atom is 0.129 e. The van der Waals surface area contributed by atoms with Gasteiger partial charge in [-0.25, -0.2) is 0 Å². The summed E-state index contributed by atoms with van der Waals surface area (Å²) in [6.07, 6.45) is 1.62. The third-order valence-corrected chi connectivity index (χ3v) is 0.129. The Morgan fingerprint density at radius 3 is 2.00 bits per heavy atom. The zero-order valence-corrected chi connectivity index (χ0v) is 4.88. The van der Waals surface area contributed by atoms with Crippen molar-refractivity contribution in [2.75, 3.05) is 0 Å². The van der Waals surface area contributed by atoms with Gasteiger partial charge in [0.05, 0.1) is 0 Å². The summed E-state index contributed by atoms with van der Waals surface area (Å²) < 4.78 is 0. The van der Waals surface area contributed by atoms with Gasteiger partial charge in [0.1, 0.15) is 6.34 Å². The molecule has 0 spiro atoms. The minimum absolute atomic E-state index is 0. The number of nitrogens with one attached hydrogen (secondary N) is 1. The normalized spacial score (nSPS) is 12.0. The average Bonchev–Trinajstić information content (AvgIpc) is 1.46. The van der Waals surface area contributed by atoms with E-state index in [1.54, 1.807) is 6.34 Å². The molecule has 0 saturated heterocycles. The minimum atomic E-state index is 0. The number of hydrazone groups is 1. The Hall–Kier alpha value is 0.269. The Morgan fingerprint density at radius 1 is 1.75 bits per heavy atom. The van der Waals surface area contributed by atoms with Gasteiger partial charge in [0.15, 0.2) is 0 Å². The van der Waals surface area contributed by atoms with E-state index >= 15 is 0 Å². The predicted octanol–water partition coefficient (Wildman–Crippen LogP) is -0.848. The van der Waals surface area contributed by atoms with Crippen molar-refractivity contribution < 1.29 is 0 Å². The molecule has 1 aliphatic rings. The van der Waals surface area contributed by atoms with Crippen LogP contribution in [-0.2, 0) is 0 Å². The van der Waals surface area contributed by atoms with Crippen molar-refractivity contribution >= 4 is 30.2 Å². The molecule has 1 aliphatic heterocycles. The Bertz CT molecular complexity index is 29.0. The van der Waals surface area contributed by atoms with Crippen LogP contribution in [0.15, 0.2) is 5.10 Å². The van der Waals surface area contributed by atoms with Crippen LogP contribution < -0.4 is 5.43 Å². The maximum atomic E-state index is 3.38. The van der Waals surface area contributed by atoms with Crippen molar-refractivity contribution in [1.29, 1.82) is 0 Å². The molecule has 1 rings (SSSR count). The van der Waals surface area contributed by atoms with Gasteiger partial charge >= 0.3 is 0 Å². The molecule has 0 saturated carbocycles. The van der Waals surface area contributed by atoms with Crippen LogP contribution in [0.1, 0.15) is 0 Å². The third-order valence-electron chi connectivity index (χ3n) is 0.129. The van der Waals surface area contributed by atoms with Gasteiger partial charge in [-0.2, -0.15) is 5.10 Å². The van der Waals surface area contributed by atoms with E-state index < -0.39 is 0 Å². The molecule has 0 aromatic carbocycles. The van der Waals surface area contributed by atoms with Crippen LogP contribution in [0.5, 0.6) is 0 Å². The predicted molar refractivity (Wildman–Crippen MR) is 17.4 cm³/mol. The molecule has 20 valence electrons. The van der Waals surface area contributed by atoms with Gasteiger partial charge in [-0.05, 0) is 0 Å². The zero-order valence-electron chi connectivity index (χ0n) is 2.02. The molecule has 0 fully saturated rings. The summed E-state index contributed by atoms with van der Waals surface area (Å²) >= 11 is 0. The smallest absolute Gasteiger partial charge is 0.129 e. The molecular formula is CH2N2Sn. The maximum absolute atomic E-state index is 3.38. The van der Waals surface area contributed by atoms with Crippen LogP contribution in [0.2, 0.25) is 0 Å². The number of hydrogen-bond donors (Lipinski definition) is 1. The van der Waals surface area contributed by atoms with Crippen molar-refractivity contribution in [2.45, 2.75) is 0 Å². The summed E-state index contributed by atoms with van der Waals surface area (Å²) in [5, 5.41) is 3.38. The van der Waals surface area contributed by atoms with Crippen molar-refractivity contribution in [3.05, 3.63) is 0 Å². The molecule has 4 heavy (non-hydrogen) atoms. The zero-order chi connectivity index (χ0) is 2.12. The Labute approximate surface area is 41.2 Å². The number of rotatable bonds is 0. The molecule has 0 aliphatic carbocycles. The second kappa shape index (κ2) is 1.57. The van der Waals surface area contributed by atoms with Gasteiger partial charge in [0.25, 0.3) is 0 Å². The molecule has 0 aromatic heterocycles. The van der Waals surface area contributed by atoms with Gasteiger partial charge in [-0.15, -0.1) is 0 Å². The molecule has 3 heteroatoms. The monoisotopic (exact) mass is 162 g/mol. The molecule has 4 radical (unpaired) electrons. The van der Waals surface area contributed by atoms with Crippen LogP contribution in [0, 0.1) is 0 Å².